The summed E-state index contributed by atoms with van der Waals surface area (Å²) >= 11 is 0. The predicted octanol–water partition coefficient (Wildman–Crippen LogP) is 4.34. The molecule has 0 saturated heterocycles. The van der Waals surface area contributed by atoms with Crippen molar-refractivity contribution in [3.63, 3.8) is 0 Å². The highest BCUT2D eigenvalue weighted by Crippen LogP contribution is 2.62. The lowest BCUT2D eigenvalue weighted by molar-refractivity contribution is -0.0158. The summed E-state index contributed by atoms with van der Waals surface area (Å²) in [5, 5.41) is 25.6. The number of hydrogen-bond acceptors (Lipinski definition) is 3. The average Bonchev–Trinajstić information content (AvgIpc) is 3.11. The van der Waals surface area contributed by atoms with Gasteiger partial charge in [0.2, 0.25) is 0 Å². The molecule has 4 nitrogen and oxygen atoms in total. The summed E-state index contributed by atoms with van der Waals surface area (Å²) in [7, 11) is 1.95. The Morgan fingerprint density at radius 2 is 2.11 bits per heavy atom. The second-order valence-electron chi connectivity index (χ2n) is 9.51. The summed E-state index contributed by atoms with van der Waals surface area (Å²) in [6.45, 7) is 4.34. The highest BCUT2D eigenvalue weighted by Gasteiger charge is 2.56. The molecule has 0 bridgehead atoms. The number of benzene rings is 1. The van der Waals surface area contributed by atoms with Crippen molar-refractivity contribution in [2.45, 2.75) is 58.0 Å². The molecule has 5 rings (SSSR count). The van der Waals surface area contributed by atoms with Crippen molar-refractivity contribution in [3.8, 4) is 5.75 Å². The highest BCUT2D eigenvalue weighted by atomic mass is 16.3. The van der Waals surface area contributed by atoms with E-state index in [-0.39, 0.29) is 11.5 Å². The number of aliphatic hydroxyl groups excluding tert-OH is 1. The third-order valence-corrected chi connectivity index (χ3v) is 7.97. The van der Waals surface area contributed by atoms with E-state index in [0.29, 0.717) is 23.5 Å². The van der Waals surface area contributed by atoms with E-state index < -0.39 is 0 Å². The first-order valence-electron chi connectivity index (χ1n) is 10.6. The lowest BCUT2D eigenvalue weighted by atomic mass is 9.55. The Labute approximate surface area is 166 Å². The largest absolute Gasteiger partial charge is 0.508 e. The summed E-state index contributed by atoms with van der Waals surface area (Å²) in [6.07, 6.45) is 9.25. The number of fused-ring (bicyclic) bond motifs is 5. The molecule has 0 aliphatic heterocycles. The van der Waals surface area contributed by atoms with Gasteiger partial charge in [0.25, 0.3) is 0 Å². The zero-order valence-corrected chi connectivity index (χ0v) is 17.0. The number of aryl methyl sites for hydroxylation is 3. The molecule has 0 amide bonds. The highest BCUT2D eigenvalue weighted by molar-refractivity contribution is 5.57. The molecule has 148 valence electrons. The van der Waals surface area contributed by atoms with Crippen LogP contribution in [0.2, 0.25) is 0 Å². The number of aromatic nitrogens is 2. The number of rotatable bonds is 1. The third kappa shape index (κ3) is 2.57. The van der Waals surface area contributed by atoms with Gasteiger partial charge >= 0.3 is 0 Å². The molecule has 28 heavy (non-hydrogen) atoms. The third-order valence-electron chi connectivity index (χ3n) is 7.97. The molecule has 4 heteroatoms. The summed E-state index contributed by atoms with van der Waals surface area (Å²) in [6, 6.07) is 5.94. The van der Waals surface area contributed by atoms with Crippen molar-refractivity contribution >= 4 is 6.08 Å². The summed E-state index contributed by atoms with van der Waals surface area (Å²) in [4.78, 5) is 0. The van der Waals surface area contributed by atoms with Gasteiger partial charge in [-0.25, -0.2) is 0 Å². The van der Waals surface area contributed by atoms with Gasteiger partial charge in [-0.1, -0.05) is 13.0 Å². The summed E-state index contributed by atoms with van der Waals surface area (Å²) in [5.74, 6) is 2.08. The Morgan fingerprint density at radius 3 is 2.86 bits per heavy atom. The Morgan fingerprint density at radius 1 is 1.29 bits per heavy atom. The zero-order valence-electron chi connectivity index (χ0n) is 17.0. The maximum absolute atomic E-state index is 11.3. The minimum absolute atomic E-state index is 0.0302. The molecule has 2 N–H and O–H groups in total. The van der Waals surface area contributed by atoms with Crippen LogP contribution in [0.15, 0.2) is 30.0 Å². The second kappa shape index (κ2) is 6.21. The van der Waals surface area contributed by atoms with E-state index in [2.05, 4.69) is 24.2 Å². The van der Waals surface area contributed by atoms with Crippen molar-refractivity contribution in [2.75, 3.05) is 0 Å². The minimum Gasteiger partial charge on any atom is -0.508 e. The number of aromatic hydroxyl groups is 1. The van der Waals surface area contributed by atoms with Crippen LogP contribution in [-0.4, -0.2) is 26.1 Å². The lowest BCUT2D eigenvalue weighted by Crippen LogP contribution is -2.44. The van der Waals surface area contributed by atoms with E-state index in [0.717, 1.165) is 43.4 Å². The molecular weight excluding hydrogens is 348 g/mol. The first kappa shape index (κ1) is 18.0. The van der Waals surface area contributed by atoms with Crippen LogP contribution >= 0.6 is 0 Å². The molecule has 2 saturated carbocycles. The van der Waals surface area contributed by atoms with E-state index in [1.165, 1.54) is 16.7 Å². The molecule has 1 heterocycles. The standard InChI is InChI=1S/C24H30N2O2/c1-14-17(13-26(3)25-14)10-16-12-22-21-6-4-15-11-18(27)5-7-19(15)20(21)8-9-24(22,2)23(16)28/h5,7,10-11,13,20-23,27-28H,4,6,8-9,12H2,1-3H3/b16-10+. The smallest absolute Gasteiger partial charge is 0.115 e. The van der Waals surface area contributed by atoms with Crippen molar-refractivity contribution in [1.29, 1.82) is 0 Å². The summed E-state index contributed by atoms with van der Waals surface area (Å²) < 4.78 is 1.85. The summed E-state index contributed by atoms with van der Waals surface area (Å²) in [5.41, 5.74) is 6.06. The Hall–Kier alpha value is -2.07. The van der Waals surface area contributed by atoms with Crippen LogP contribution in [0.4, 0.5) is 0 Å². The van der Waals surface area contributed by atoms with Crippen LogP contribution in [0.5, 0.6) is 5.75 Å². The Balaban J connectivity index is 1.49. The SMILES string of the molecule is Cc1nn(C)cc1/C=C1\CC2C3CCc4cc(O)ccc4C3CCC2(C)C1O. The van der Waals surface area contributed by atoms with Gasteiger partial charge in [0.05, 0.1) is 11.8 Å². The van der Waals surface area contributed by atoms with Crippen molar-refractivity contribution in [2.24, 2.45) is 24.3 Å². The van der Waals surface area contributed by atoms with Crippen molar-refractivity contribution in [3.05, 3.63) is 52.4 Å². The number of phenolic OH excluding ortho intramolecular Hbond substituents is 1. The number of phenols is 1. The van der Waals surface area contributed by atoms with Crippen LogP contribution in [0, 0.1) is 24.2 Å². The maximum atomic E-state index is 11.3. The average molecular weight is 379 g/mol. The van der Waals surface area contributed by atoms with Crippen LogP contribution in [0.25, 0.3) is 6.08 Å². The van der Waals surface area contributed by atoms with E-state index in [9.17, 15) is 10.2 Å². The van der Waals surface area contributed by atoms with Gasteiger partial charge in [0.15, 0.2) is 0 Å². The molecule has 0 spiro atoms. The first-order chi connectivity index (χ1) is 13.4. The normalized spacial score (nSPS) is 35.5. The molecule has 1 aromatic carbocycles. The molecule has 3 aliphatic carbocycles. The number of hydrogen-bond donors (Lipinski definition) is 2. The van der Waals surface area contributed by atoms with Gasteiger partial charge in [-0.2, -0.15) is 5.10 Å². The van der Waals surface area contributed by atoms with E-state index >= 15 is 0 Å². The van der Waals surface area contributed by atoms with Crippen LogP contribution in [0.3, 0.4) is 0 Å². The Bertz CT molecular complexity index is 960. The molecule has 2 fully saturated rings. The molecule has 0 radical (unpaired) electrons. The van der Waals surface area contributed by atoms with Gasteiger partial charge in [-0.05, 0) is 91.7 Å². The van der Waals surface area contributed by atoms with Crippen molar-refractivity contribution in [1.82, 2.24) is 9.78 Å². The van der Waals surface area contributed by atoms with Gasteiger partial charge < -0.3 is 10.2 Å². The minimum atomic E-state index is -0.362. The molecule has 5 unspecified atom stereocenters. The van der Waals surface area contributed by atoms with Gasteiger partial charge in [-0.3, -0.25) is 4.68 Å². The van der Waals surface area contributed by atoms with Crippen LogP contribution in [0.1, 0.15) is 60.9 Å². The fraction of sp³-hybridized carbons (Fsp3) is 0.542. The first-order valence-corrected chi connectivity index (χ1v) is 10.6. The van der Waals surface area contributed by atoms with E-state index in [1.54, 1.807) is 0 Å². The van der Waals surface area contributed by atoms with Gasteiger partial charge in [0.1, 0.15) is 5.75 Å². The van der Waals surface area contributed by atoms with Crippen LogP contribution < -0.4 is 0 Å². The maximum Gasteiger partial charge on any atom is 0.115 e. The number of nitrogens with zero attached hydrogens (tertiary/aromatic N) is 2. The van der Waals surface area contributed by atoms with Crippen LogP contribution in [-0.2, 0) is 13.5 Å². The second-order valence-corrected chi connectivity index (χ2v) is 9.51. The van der Waals surface area contributed by atoms with Gasteiger partial charge in [-0.15, -0.1) is 0 Å². The van der Waals surface area contributed by atoms with E-state index in [4.69, 9.17) is 0 Å². The molecule has 5 atom stereocenters. The fourth-order valence-electron chi connectivity index (χ4n) is 6.53. The van der Waals surface area contributed by atoms with E-state index in [1.807, 2.05) is 37.0 Å². The number of aliphatic hydroxyl groups is 1. The fourth-order valence-corrected chi connectivity index (χ4v) is 6.53. The lowest BCUT2D eigenvalue weighted by Gasteiger charge is -2.49. The Kier molecular flexibility index (Phi) is 3.99. The van der Waals surface area contributed by atoms with Gasteiger partial charge in [0, 0.05) is 24.2 Å². The monoisotopic (exact) mass is 378 g/mol. The quantitative estimate of drug-likeness (QED) is 0.776. The van der Waals surface area contributed by atoms with Crippen molar-refractivity contribution < 1.29 is 10.2 Å². The topological polar surface area (TPSA) is 58.3 Å². The molecular formula is C24H30N2O2. The molecule has 3 aliphatic rings. The predicted molar refractivity (Wildman–Crippen MR) is 110 cm³/mol. The molecule has 2 aromatic rings. The molecule has 1 aromatic heterocycles. The zero-order chi connectivity index (χ0) is 19.6.